The van der Waals surface area contributed by atoms with Gasteiger partial charge in [-0.3, -0.25) is 4.79 Å². The van der Waals surface area contributed by atoms with Crippen molar-refractivity contribution in [2.24, 2.45) is 0 Å². The molecule has 0 aromatic carbocycles. The maximum atomic E-state index is 11.4. The van der Waals surface area contributed by atoms with E-state index in [4.69, 9.17) is 0 Å². The molecule has 0 aromatic heterocycles. The molecule has 1 fully saturated rings. The van der Waals surface area contributed by atoms with Gasteiger partial charge in [0, 0.05) is 24.9 Å². The largest absolute Gasteiger partial charge is 0.337 e. The summed E-state index contributed by atoms with van der Waals surface area (Å²) in [4.78, 5) is 13.4. The van der Waals surface area contributed by atoms with E-state index < -0.39 is 0 Å². The van der Waals surface area contributed by atoms with Crippen LogP contribution in [-0.2, 0) is 4.79 Å². The number of hydrogen-bond acceptors (Lipinski definition) is 3. The normalized spacial score (nSPS) is 21.2. The molecule has 0 saturated carbocycles. The van der Waals surface area contributed by atoms with Crippen LogP contribution in [-0.4, -0.2) is 48.5 Å². The first-order valence-electron chi connectivity index (χ1n) is 4.27. The molecule has 0 aliphatic carbocycles. The van der Waals surface area contributed by atoms with Crippen molar-refractivity contribution in [3.8, 4) is 0 Å². The number of thioether (sulfide) groups is 1. The second-order valence-corrected chi connectivity index (χ2v) is 4.15. The van der Waals surface area contributed by atoms with Gasteiger partial charge in [0.2, 0.25) is 5.91 Å². The molecule has 4 heteroatoms. The number of carbonyl (C=O) groups excluding carboxylic acids is 1. The predicted molar refractivity (Wildman–Crippen MR) is 52.4 cm³/mol. The Balaban J connectivity index is 2.42. The first-order chi connectivity index (χ1) is 5.75. The van der Waals surface area contributed by atoms with Crippen molar-refractivity contribution in [3.05, 3.63) is 0 Å². The molecule has 1 heterocycles. The third-order valence-corrected chi connectivity index (χ3v) is 2.98. The average Bonchev–Trinajstić information content (AvgIpc) is 2.05. The molecular weight excluding hydrogens is 172 g/mol. The first kappa shape index (κ1) is 9.86. The number of likely N-dealkylation sites (N-methyl/N-ethyl adjacent to an activating group) is 1. The van der Waals surface area contributed by atoms with Crippen LogP contribution >= 0.6 is 11.8 Å². The van der Waals surface area contributed by atoms with Gasteiger partial charge in [-0.1, -0.05) is 0 Å². The van der Waals surface area contributed by atoms with Gasteiger partial charge in [0.15, 0.2) is 0 Å². The third-order valence-electron chi connectivity index (χ3n) is 2.05. The van der Waals surface area contributed by atoms with Gasteiger partial charge in [-0.05, 0) is 14.0 Å². The highest BCUT2D eigenvalue weighted by Crippen LogP contribution is 2.12. The van der Waals surface area contributed by atoms with Crippen molar-refractivity contribution in [2.45, 2.75) is 13.0 Å². The summed E-state index contributed by atoms with van der Waals surface area (Å²) in [6, 6.07) is 0.336. The summed E-state index contributed by atoms with van der Waals surface area (Å²) in [6.45, 7) is 3.88. The van der Waals surface area contributed by atoms with Gasteiger partial charge in [0.1, 0.15) is 0 Å². The van der Waals surface area contributed by atoms with E-state index >= 15 is 0 Å². The average molecular weight is 188 g/mol. The molecule has 1 N–H and O–H groups in total. The van der Waals surface area contributed by atoms with Gasteiger partial charge in [-0.15, -0.1) is 0 Å². The minimum atomic E-state index is 0.286. The number of nitrogens with one attached hydrogen (secondary N) is 1. The zero-order chi connectivity index (χ0) is 8.97. The lowest BCUT2D eigenvalue weighted by atomic mass is 10.2. The van der Waals surface area contributed by atoms with Crippen LogP contribution in [0.25, 0.3) is 0 Å². The molecule has 12 heavy (non-hydrogen) atoms. The molecule has 1 rings (SSSR count). The van der Waals surface area contributed by atoms with E-state index in [0.717, 1.165) is 18.8 Å². The molecule has 70 valence electrons. The van der Waals surface area contributed by atoms with Crippen LogP contribution in [0.5, 0.6) is 0 Å². The second-order valence-electron chi connectivity index (χ2n) is 3.05. The Labute approximate surface area is 77.9 Å². The fourth-order valence-electron chi connectivity index (χ4n) is 1.40. The number of amides is 1. The molecule has 0 aromatic rings. The Hall–Kier alpha value is -0.220. The quantitative estimate of drug-likeness (QED) is 0.685. The Morgan fingerprint density at radius 3 is 3.08 bits per heavy atom. The molecule has 1 amide bonds. The maximum Gasteiger partial charge on any atom is 0.232 e. The van der Waals surface area contributed by atoms with Crippen LogP contribution in [0.4, 0.5) is 0 Å². The molecule has 1 aliphatic rings. The van der Waals surface area contributed by atoms with E-state index in [2.05, 4.69) is 12.2 Å². The van der Waals surface area contributed by atoms with Gasteiger partial charge >= 0.3 is 0 Å². The number of carbonyl (C=O) groups is 1. The predicted octanol–water partition coefficient (Wildman–Crippen LogP) is 0.170. The lowest BCUT2D eigenvalue weighted by Crippen LogP contribution is -2.47. The first-order valence-corrected chi connectivity index (χ1v) is 5.43. The SMILES string of the molecule is CNCC(C)N1CCSCC1=O. The van der Waals surface area contributed by atoms with Crippen molar-refractivity contribution >= 4 is 17.7 Å². The minimum absolute atomic E-state index is 0.286. The number of rotatable bonds is 3. The maximum absolute atomic E-state index is 11.4. The van der Waals surface area contributed by atoms with Crippen molar-refractivity contribution in [1.82, 2.24) is 10.2 Å². The Morgan fingerprint density at radius 1 is 1.75 bits per heavy atom. The van der Waals surface area contributed by atoms with Crippen molar-refractivity contribution in [1.29, 1.82) is 0 Å². The molecular formula is C8H16N2OS. The summed E-state index contributed by atoms with van der Waals surface area (Å²) in [7, 11) is 1.92. The van der Waals surface area contributed by atoms with Gasteiger partial charge in [-0.25, -0.2) is 0 Å². The van der Waals surface area contributed by atoms with Crippen molar-refractivity contribution in [2.75, 3.05) is 31.6 Å². The van der Waals surface area contributed by atoms with E-state index in [9.17, 15) is 4.79 Å². The Kier molecular flexibility index (Phi) is 3.88. The van der Waals surface area contributed by atoms with Gasteiger partial charge < -0.3 is 10.2 Å². The highest BCUT2D eigenvalue weighted by molar-refractivity contribution is 8.00. The summed E-state index contributed by atoms with van der Waals surface area (Å²) < 4.78 is 0. The minimum Gasteiger partial charge on any atom is -0.337 e. The summed E-state index contributed by atoms with van der Waals surface area (Å²) in [5, 5.41) is 3.08. The molecule has 1 aliphatic heterocycles. The summed E-state index contributed by atoms with van der Waals surface area (Å²) in [5.74, 6) is 2.03. The van der Waals surface area contributed by atoms with Crippen LogP contribution in [0.1, 0.15) is 6.92 Å². The van der Waals surface area contributed by atoms with Gasteiger partial charge in [0.05, 0.1) is 5.75 Å². The molecule has 0 spiro atoms. The monoisotopic (exact) mass is 188 g/mol. The van der Waals surface area contributed by atoms with Crippen molar-refractivity contribution < 1.29 is 4.79 Å². The van der Waals surface area contributed by atoms with E-state index in [0.29, 0.717) is 11.8 Å². The van der Waals surface area contributed by atoms with Crippen LogP contribution in [0, 0.1) is 0 Å². The number of hydrogen-bond donors (Lipinski definition) is 1. The highest BCUT2D eigenvalue weighted by Gasteiger charge is 2.22. The van der Waals surface area contributed by atoms with Crippen molar-refractivity contribution in [3.63, 3.8) is 0 Å². The lowest BCUT2D eigenvalue weighted by Gasteiger charge is -2.32. The van der Waals surface area contributed by atoms with Gasteiger partial charge in [-0.2, -0.15) is 11.8 Å². The third kappa shape index (κ3) is 2.38. The molecule has 1 unspecified atom stereocenters. The van der Waals surface area contributed by atoms with E-state index in [1.54, 1.807) is 11.8 Å². The fraction of sp³-hybridized carbons (Fsp3) is 0.875. The Morgan fingerprint density at radius 2 is 2.50 bits per heavy atom. The molecule has 3 nitrogen and oxygen atoms in total. The van der Waals surface area contributed by atoms with Crippen LogP contribution < -0.4 is 5.32 Å². The van der Waals surface area contributed by atoms with Gasteiger partial charge in [0.25, 0.3) is 0 Å². The summed E-state index contributed by atoms with van der Waals surface area (Å²) >= 11 is 1.73. The zero-order valence-corrected chi connectivity index (χ0v) is 8.49. The molecule has 0 radical (unpaired) electrons. The fourth-order valence-corrected chi connectivity index (χ4v) is 2.21. The highest BCUT2D eigenvalue weighted by atomic mass is 32.2. The lowest BCUT2D eigenvalue weighted by molar-refractivity contribution is -0.130. The molecule has 1 atom stereocenters. The second kappa shape index (κ2) is 4.72. The van der Waals surface area contributed by atoms with E-state index in [1.165, 1.54) is 0 Å². The summed E-state index contributed by atoms with van der Waals surface area (Å²) in [6.07, 6.45) is 0. The van der Waals surface area contributed by atoms with E-state index in [1.807, 2.05) is 11.9 Å². The standard InChI is InChI=1S/C8H16N2OS/c1-7(5-9-2)10-3-4-12-6-8(10)11/h7,9H,3-6H2,1-2H3. The van der Waals surface area contributed by atoms with Crippen LogP contribution in [0.3, 0.4) is 0 Å². The van der Waals surface area contributed by atoms with E-state index in [-0.39, 0.29) is 5.91 Å². The van der Waals surface area contributed by atoms with Crippen LogP contribution in [0.15, 0.2) is 0 Å². The molecule has 0 bridgehead atoms. The Bertz CT molecular complexity index is 163. The number of nitrogens with zero attached hydrogens (tertiary/aromatic N) is 1. The molecule has 1 saturated heterocycles. The van der Waals surface area contributed by atoms with Crippen LogP contribution in [0.2, 0.25) is 0 Å². The smallest absolute Gasteiger partial charge is 0.232 e. The topological polar surface area (TPSA) is 32.3 Å². The zero-order valence-electron chi connectivity index (χ0n) is 7.67. The summed E-state index contributed by atoms with van der Waals surface area (Å²) in [5.41, 5.74) is 0.